The van der Waals surface area contributed by atoms with Crippen LogP contribution in [0, 0.1) is 29.6 Å². The van der Waals surface area contributed by atoms with E-state index < -0.39 is 0 Å². The number of carbonyl (C=O) groups excluding carboxylic acids is 2. The Kier molecular flexibility index (Phi) is 15.6. The number of amides is 2. The lowest BCUT2D eigenvalue weighted by atomic mass is 10.2. The van der Waals surface area contributed by atoms with Gasteiger partial charge in [-0.05, 0) is 5.92 Å². The molecule has 0 bridgehead atoms. The zero-order valence-electron chi connectivity index (χ0n) is 17.3. The lowest BCUT2D eigenvalue weighted by molar-refractivity contribution is -0.126. The fourth-order valence-corrected chi connectivity index (χ4v) is 3.97. The Morgan fingerprint density at radius 1 is 1.04 bits per heavy atom. The summed E-state index contributed by atoms with van der Waals surface area (Å²) in [4.78, 5) is 23.1. The van der Waals surface area contributed by atoms with E-state index >= 15 is 0 Å². The Bertz CT molecular complexity index is 488. The quantitative estimate of drug-likeness (QED) is 0.207. The van der Waals surface area contributed by atoms with Crippen molar-refractivity contribution in [3.8, 4) is 11.8 Å². The van der Waals surface area contributed by atoms with Crippen LogP contribution >= 0.6 is 21.6 Å². The number of nitrogens with one attached hydrogen (secondary N) is 2. The first-order chi connectivity index (χ1) is 12.7. The molecule has 0 aromatic carbocycles. The van der Waals surface area contributed by atoms with Crippen LogP contribution in [0.1, 0.15) is 41.5 Å². The van der Waals surface area contributed by atoms with Gasteiger partial charge in [0.2, 0.25) is 11.8 Å². The third-order valence-corrected chi connectivity index (χ3v) is 5.64. The van der Waals surface area contributed by atoms with E-state index in [0.29, 0.717) is 37.5 Å². The fraction of sp³-hybridized carbons (Fsp3) is 0.789. The van der Waals surface area contributed by atoms with Crippen LogP contribution in [0.15, 0.2) is 0 Å². The number of hydrogen-bond acceptors (Lipinski definition) is 6. The summed E-state index contributed by atoms with van der Waals surface area (Å²) in [5, 5.41) is 5.55. The van der Waals surface area contributed by atoms with Gasteiger partial charge in [0, 0.05) is 11.8 Å². The van der Waals surface area contributed by atoms with Gasteiger partial charge in [-0.25, -0.2) is 0 Å². The number of ether oxygens (including phenoxy) is 2. The molecule has 0 radical (unpaired) electrons. The molecule has 0 fully saturated rings. The standard InChI is InChI=1S/C19H34N2O4S2/c1-14(2)8-7-9-20-17(22)12-24-10-11-25-19(16(5)6)27-26-13-21-18(23)15(3)4/h14-16,19H,9-13H2,1-6H3,(H,20,22)(H,21,23). The maximum Gasteiger partial charge on any atom is 0.246 e. The van der Waals surface area contributed by atoms with Crippen molar-refractivity contribution in [2.45, 2.75) is 47.0 Å². The van der Waals surface area contributed by atoms with Gasteiger partial charge in [-0.3, -0.25) is 9.59 Å². The topological polar surface area (TPSA) is 76.7 Å². The second kappa shape index (κ2) is 16.1. The van der Waals surface area contributed by atoms with Crippen LogP contribution in [0.4, 0.5) is 0 Å². The Morgan fingerprint density at radius 2 is 1.74 bits per heavy atom. The van der Waals surface area contributed by atoms with Crippen LogP contribution in [0.3, 0.4) is 0 Å². The Labute approximate surface area is 172 Å². The summed E-state index contributed by atoms with van der Waals surface area (Å²) in [7, 11) is 3.15. The normalized spacial score (nSPS) is 12.0. The third-order valence-electron chi connectivity index (χ3n) is 3.04. The van der Waals surface area contributed by atoms with Crippen molar-refractivity contribution in [2.75, 3.05) is 32.2 Å². The SMILES string of the molecule is CC(C)C#CCNC(=O)COCCOC(SSCNC(=O)C(C)C)C(C)C. The average molecular weight is 419 g/mol. The fourth-order valence-electron chi connectivity index (χ4n) is 1.57. The molecule has 0 aromatic rings. The first kappa shape index (κ1) is 26.1. The lowest BCUT2D eigenvalue weighted by Crippen LogP contribution is -2.29. The average Bonchev–Trinajstić information content (AvgIpc) is 2.59. The summed E-state index contributed by atoms with van der Waals surface area (Å²) in [5.41, 5.74) is -0.00492. The van der Waals surface area contributed by atoms with E-state index in [2.05, 4.69) is 36.3 Å². The van der Waals surface area contributed by atoms with Gasteiger partial charge in [-0.1, -0.05) is 75.0 Å². The highest BCUT2D eigenvalue weighted by Gasteiger charge is 2.15. The minimum Gasteiger partial charge on any atom is -0.369 e. The molecule has 0 aliphatic rings. The van der Waals surface area contributed by atoms with Crippen molar-refractivity contribution in [1.29, 1.82) is 0 Å². The molecule has 0 heterocycles. The molecule has 2 amide bonds. The summed E-state index contributed by atoms with van der Waals surface area (Å²) in [5.74, 6) is 6.89. The van der Waals surface area contributed by atoms with Gasteiger partial charge in [0.05, 0.1) is 25.6 Å². The summed E-state index contributed by atoms with van der Waals surface area (Å²) in [6, 6.07) is 0. The summed E-state index contributed by atoms with van der Waals surface area (Å²) in [6.45, 7) is 13.0. The van der Waals surface area contributed by atoms with Crippen molar-refractivity contribution < 1.29 is 19.1 Å². The van der Waals surface area contributed by atoms with Crippen LogP contribution in [0.25, 0.3) is 0 Å². The molecule has 1 atom stereocenters. The van der Waals surface area contributed by atoms with Gasteiger partial charge in [0.1, 0.15) is 12.0 Å². The molecule has 6 nitrogen and oxygen atoms in total. The summed E-state index contributed by atoms with van der Waals surface area (Å²) >= 11 is 0. The monoisotopic (exact) mass is 418 g/mol. The molecule has 27 heavy (non-hydrogen) atoms. The van der Waals surface area contributed by atoms with Gasteiger partial charge in [-0.15, -0.1) is 0 Å². The summed E-state index contributed by atoms with van der Waals surface area (Å²) < 4.78 is 11.1. The lowest BCUT2D eigenvalue weighted by Gasteiger charge is -2.20. The van der Waals surface area contributed by atoms with Gasteiger partial charge in [0.15, 0.2) is 0 Å². The van der Waals surface area contributed by atoms with E-state index in [1.165, 1.54) is 0 Å². The van der Waals surface area contributed by atoms with Crippen molar-refractivity contribution in [2.24, 2.45) is 17.8 Å². The van der Waals surface area contributed by atoms with Gasteiger partial charge in [0.25, 0.3) is 0 Å². The highest BCUT2D eigenvalue weighted by atomic mass is 33.1. The highest BCUT2D eigenvalue weighted by Crippen LogP contribution is 2.31. The number of hydrogen-bond donors (Lipinski definition) is 2. The zero-order valence-corrected chi connectivity index (χ0v) is 18.9. The van der Waals surface area contributed by atoms with Crippen LogP contribution in [-0.4, -0.2) is 49.5 Å². The molecule has 1 unspecified atom stereocenters. The summed E-state index contributed by atoms with van der Waals surface area (Å²) in [6.07, 6.45) is 0. The third kappa shape index (κ3) is 15.8. The Morgan fingerprint density at radius 3 is 2.33 bits per heavy atom. The van der Waals surface area contributed by atoms with Gasteiger partial charge >= 0.3 is 0 Å². The first-order valence-electron chi connectivity index (χ1n) is 9.24. The van der Waals surface area contributed by atoms with E-state index in [1.54, 1.807) is 21.6 Å². The molecular weight excluding hydrogens is 384 g/mol. The van der Waals surface area contributed by atoms with Gasteiger partial charge < -0.3 is 20.1 Å². The Hall–Kier alpha value is -0.880. The number of rotatable bonds is 13. The van der Waals surface area contributed by atoms with Crippen molar-refractivity contribution in [3.05, 3.63) is 0 Å². The molecule has 2 N–H and O–H groups in total. The van der Waals surface area contributed by atoms with Crippen LogP contribution < -0.4 is 10.6 Å². The smallest absolute Gasteiger partial charge is 0.246 e. The molecular formula is C19H34N2O4S2. The highest BCUT2D eigenvalue weighted by molar-refractivity contribution is 8.76. The number of carbonyl (C=O) groups is 2. The molecule has 0 aliphatic carbocycles. The predicted molar refractivity (Wildman–Crippen MR) is 114 cm³/mol. The first-order valence-corrected chi connectivity index (χ1v) is 11.6. The van der Waals surface area contributed by atoms with E-state index in [-0.39, 0.29) is 29.8 Å². The van der Waals surface area contributed by atoms with E-state index in [9.17, 15) is 9.59 Å². The van der Waals surface area contributed by atoms with E-state index in [4.69, 9.17) is 9.47 Å². The minimum absolute atomic E-state index is 0.00217. The van der Waals surface area contributed by atoms with Gasteiger partial charge in [-0.2, -0.15) is 0 Å². The molecule has 0 saturated heterocycles. The second-order valence-electron chi connectivity index (χ2n) is 6.84. The predicted octanol–water partition coefficient (Wildman–Crippen LogP) is 2.89. The molecule has 0 aliphatic heterocycles. The van der Waals surface area contributed by atoms with Crippen LogP contribution in [0.5, 0.6) is 0 Å². The molecule has 156 valence electrons. The van der Waals surface area contributed by atoms with Crippen molar-refractivity contribution in [3.63, 3.8) is 0 Å². The second-order valence-corrected chi connectivity index (χ2v) is 9.31. The molecule has 8 heteroatoms. The van der Waals surface area contributed by atoms with Crippen molar-refractivity contribution in [1.82, 2.24) is 10.6 Å². The zero-order chi connectivity index (χ0) is 20.7. The minimum atomic E-state index is -0.181. The molecule has 0 spiro atoms. The molecule has 0 saturated carbocycles. The van der Waals surface area contributed by atoms with Crippen LogP contribution in [0.2, 0.25) is 0 Å². The van der Waals surface area contributed by atoms with Crippen molar-refractivity contribution >= 4 is 33.4 Å². The maximum atomic E-state index is 11.6. The Balaban J connectivity index is 3.83. The molecule has 0 rings (SSSR count). The van der Waals surface area contributed by atoms with E-state index in [1.807, 2.05) is 27.7 Å². The van der Waals surface area contributed by atoms with Crippen LogP contribution in [-0.2, 0) is 19.1 Å². The largest absolute Gasteiger partial charge is 0.369 e. The maximum absolute atomic E-state index is 11.6. The molecule has 0 aromatic heterocycles. The van der Waals surface area contributed by atoms with E-state index in [0.717, 1.165) is 0 Å².